The first-order chi connectivity index (χ1) is 27.2. The Morgan fingerprint density at radius 1 is 0.527 bits per heavy atom. The van der Waals surface area contributed by atoms with Crippen molar-refractivity contribution < 1.29 is 0 Å². The zero-order chi connectivity index (χ0) is 36.6. The second kappa shape index (κ2) is 12.3. The van der Waals surface area contributed by atoms with Gasteiger partial charge < -0.3 is 4.57 Å². The molecule has 258 valence electrons. The number of hydrogen-bond acceptors (Lipinski definition) is 3. The van der Waals surface area contributed by atoms with Crippen LogP contribution in [0.25, 0.3) is 109 Å². The van der Waals surface area contributed by atoms with Crippen LogP contribution in [0.4, 0.5) is 0 Å². The molecule has 0 aliphatic heterocycles. The summed E-state index contributed by atoms with van der Waals surface area (Å²) >= 11 is 1.88. The number of hydrogen-bond donors (Lipinski definition) is 0. The molecule has 0 saturated heterocycles. The van der Waals surface area contributed by atoms with Crippen molar-refractivity contribution >= 4 is 81.1 Å². The second-order valence-corrected chi connectivity index (χ2v) is 15.2. The fourth-order valence-electron chi connectivity index (χ4n) is 8.71. The Kier molecular flexibility index (Phi) is 7.10. The molecule has 11 rings (SSSR count). The lowest BCUT2D eigenvalue weighted by atomic mass is 9.93. The molecule has 0 atom stereocenters. The standard InChI is InChI=1S/C51H33N3S/c1-3-42-46(33-20-8-7-17-31(33)2)47-37-24-12-11-23-36(37)45-39-25-13-16-28-44(39)55-51(45)50(47)54(42)43-30-29-38(34-21-9-10-22-35(34)43)49-48(32-18-5-4-6-19-32)52-40-26-14-15-27-41(40)53-49/h3-30H,1H2,2H3. The molecule has 0 fully saturated rings. The van der Waals surface area contributed by atoms with Crippen LogP contribution in [0.5, 0.6) is 0 Å². The van der Waals surface area contributed by atoms with Crippen LogP contribution in [0.3, 0.4) is 0 Å². The van der Waals surface area contributed by atoms with Gasteiger partial charge in [-0.2, -0.15) is 0 Å². The summed E-state index contributed by atoms with van der Waals surface area (Å²) < 4.78 is 5.05. The molecule has 3 aromatic heterocycles. The molecule has 11 aromatic rings. The highest BCUT2D eigenvalue weighted by atomic mass is 32.1. The van der Waals surface area contributed by atoms with Crippen molar-refractivity contribution in [3.63, 3.8) is 0 Å². The Bertz CT molecular complexity index is 3350. The maximum atomic E-state index is 5.33. The Morgan fingerprint density at radius 2 is 1.13 bits per heavy atom. The Labute approximate surface area is 322 Å². The highest BCUT2D eigenvalue weighted by Crippen LogP contribution is 2.51. The van der Waals surface area contributed by atoms with Gasteiger partial charge in [-0.15, -0.1) is 11.3 Å². The average Bonchev–Trinajstić information content (AvgIpc) is 3.80. The third-order valence-electron chi connectivity index (χ3n) is 11.1. The lowest BCUT2D eigenvalue weighted by molar-refractivity contribution is 1.13. The summed E-state index contributed by atoms with van der Waals surface area (Å²) in [6.45, 7) is 6.73. The lowest BCUT2D eigenvalue weighted by Gasteiger charge is -2.17. The number of fused-ring (bicyclic) bond motifs is 10. The third kappa shape index (κ3) is 4.68. The number of benzene rings is 8. The van der Waals surface area contributed by atoms with Crippen molar-refractivity contribution in [3.05, 3.63) is 182 Å². The molecular weight excluding hydrogens is 687 g/mol. The van der Waals surface area contributed by atoms with Gasteiger partial charge in [0, 0.05) is 42.9 Å². The van der Waals surface area contributed by atoms with Crippen LogP contribution in [-0.4, -0.2) is 14.5 Å². The molecule has 0 N–H and O–H groups in total. The van der Waals surface area contributed by atoms with Gasteiger partial charge in [-0.1, -0.05) is 140 Å². The summed E-state index contributed by atoms with van der Waals surface area (Å²) in [5.41, 5.74) is 12.6. The van der Waals surface area contributed by atoms with E-state index in [4.69, 9.17) is 9.97 Å². The normalized spacial score (nSPS) is 11.8. The van der Waals surface area contributed by atoms with Gasteiger partial charge in [-0.3, -0.25) is 0 Å². The zero-order valence-electron chi connectivity index (χ0n) is 30.1. The van der Waals surface area contributed by atoms with Gasteiger partial charge in [0.2, 0.25) is 0 Å². The Morgan fingerprint density at radius 3 is 1.87 bits per heavy atom. The first-order valence-corrected chi connectivity index (χ1v) is 19.4. The van der Waals surface area contributed by atoms with E-state index in [1.165, 1.54) is 58.5 Å². The first kappa shape index (κ1) is 31.6. The van der Waals surface area contributed by atoms with Gasteiger partial charge in [0.25, 0.3) is 0 Å². The van der Waals surface area contributed by atoms with Crippen molar-refractivity contribution in [1.82, 2.24) is 14.5 Å². The monoisotopic (exact) mass is 719 g/mol. The van der Waals surface area contributed by atoms with E-state index in [2.05, 4.69) is 158 Å². The third-order valence-corrected chi connectivity index (χ3v) is 12.3. The van der Waals surface area contributed by atoms with Crippen molar-refractivity contribution in [3.8, 4) is 39.3 Å². The zero-order valence-corrected chi connectivity index (χ0v) is 30.9. The van der Waals surface area contributed by atoms with Gasteiger partial charge in [0.15, 0.2) is 0 Å². The van der Waals surface area contributed by atoms with E-state index < -0.39 is 0 Å². The average molecular weight is 720 g/mol. The van der Waals surface area contributed by atoms with E-state index in [0.29, 0.717) is 0 Å². The van der Waals surface area contributed by atoms with Crippen molar-refractivity contribution in [2.24, 2.45) is 0 Å². The molecule has 0 spiro atoms. The highest BCUT2D eigenvalue weighted by Gasteiger charge is 2.27. The predicted molar refractivity (Wildman–Crippen MR) is 235 cm³/mol. The number of para-hydroxylation sites is 2. The van der Waals surface area contributed by atoms with E-state index in [0.717, 1.165) is 55.7 Å². The van der Waals surface area contributed by atoms with Gasteiger partial charge in [-0.05, 0) is 70.6 Å². The lowest BCUT2D eigenvalue weighted by Crippen LogP contribution is -2.01. The maximum Gasteiger partial charge on any atom is 0.0979 e. The molecule has 4 heteroatoms. The topological polar surface area (TPSA) is 30.7 Å². The fourth-order valence-corrected chi connectivity index (χ4v) is 9.96. The van der Waals surface area contributed by atoms with Gasteiger partial charge in [0.1, 0.15) is 0 Å². The molecule has 0 bridgehead atoms. The van der Waals surface area contributed by atoms with E-state index >= 15 is 0 Å². The molecule has 0 unspecified atom stereocenters. The van der Waals surface area contributed by atoms with Crippen molar-refractivity contribution in [2.45, 2.75) is 6.92 Å². The van der Waals surface area contributed by atoms with Crippen LogP contribution in [-0.2, 0) is 0 Å². The summed E-state index contributed by atoms with van der Waals surface area (Å²) in [6.07, 6.45) is 2.06. The number of nitrogens with zero attached hydrogens (tertiary/aromatic N) is 3. The van der Waals surface area contributed by atoms with Crippen LogP contribution in [0, 0.1) is 6.92 Å². The summed E-state index contributed by atoms with van der Waals surface area (Å²) in [5.74, 6) is 0. The Balaban J connectivity index is 1.31. The number of aromatic nitrogens is 3. The summed E-state index contributed by atoms with van der Waals surface area (Å²) in [5, 5.41) is 8.60. The van der Waals surface area contributed by atoms with E-state index in [1.807, 2.05) is 41.7 Å². The van der Waals surface area contributed by atoms with Crippen LogP contribution in [0.15, 0.2) is 170 Å². The van der Waals surface area contributed by atoms with E-state index in [-0.39, 0.29) is 0 Å². The Hall–Kier alpha value is -6.88. The molecule has 0 radical (unpaired) electrons. The van der Waals surface area contributed by atoms with Crippen molar-refractivity contribution in [2.75, 3.05) is 0 Å². The van der Waals surface area contributed by atoms with Crippen molar-refractivity contribution in [1.29, 1.82) is 0 Å². The fraction of sp³-hybridized carbons (Fsp3) is 0.0196. The number of rotatable bonds is 5. The summed E-state index contributed by atoms with van der Waals surface area (Å²) in [4.78, 5) is 10.6. The van der Waals surface area contributed by atoms with Gasteiger partial charge in [-0.25, -0.2) is 9.97 Å². The molecule has 3 heterocycles. The molecule has 55 heavy (non-hydrogen) atoms. The molecule has 0 saturated carbocycles. The molecule has 8 aromatic carbocycles. The largest absolute Gasteiger partial charge is 0.307 e. The van der Waals surface area contributed by atoms with Crippen LogP contribution >= 0.6 is 11.3 Å². The molecule has 0 aliphatic carbocycles. The number of aryl methyl sites for hydroxylation is 1. The van der Waals surface area contributed by atoms with Crippen LogP contribution < -0.4 is 0 Å². The SMILES string of the molecule is C=Cc1c(-c2ccccc2C)c2c3ccccc3c3c4ccccc4sc3c2n1-c1ccc(-c2nc3ccccc3nc2-c2ccccc2)c2ccccc12. The molecular formula is C51H33N3S. The van der Waals surface area contributed by atoms with Gasteiger partial charge >= 0.3 is 0 Å². The quantitative estimate of drug-likeness (QED) is 0.177. The maximum absolute atomic E-state index is 5.33. The predicted octanol–water partition coefficient (Wildman–Crippen LogP) is 14.2. The molecule has 0 aliphatic rings. The highest BCUT2D eigenvalue weighted by molar-refractivity contribution is 7.27. The number of thiophene rings is 1. The smallest absolute Gasteiger partial charge is 0.0979 e. The van der Waals surface area contributed by atoms with Crippen LogP contribution in [0.2, 0.25) is 0 Å². The molecule has 3 nitrogen and oxygen atoms in total. The molecule has 0 amide bonds. The minimum absolute atomic E-state index is 0.868. The van der Waals surface area contributed by atoms with E-state index in [9.17, 15) is 0 Å². The van der Waals surface area contributed by atoms with Gasteiger partial charge in [0.05, 0.1) is 44.0 Å². The first-order valence-electron chi connectivity index (χ1n) is 18.6. The van der Waals surface area contributed by atoms with E-state index in [1.54, 1.807) is 0 Å². The van der Waals surface area contributed by atoms with Crippen LogP contribution in [0.1, 0.15) is 11.3 Å². The minimum Gasteiger partial charge on any atom is -0.307 e. The summed E-state index contributed by atoms with van der Waals surface area (Å²) in [7, 11) is 0. The second-order valence-electron chi connectivity index (χ2n) is 14.1. The minimum atomic E-state index is 0.868. The summed E-state index contributed by atoms with van der Waals surface area (Å²) in [6, 6.07) is 58.4.